The van der Waals surface area contributed by atoms with Gasteiger partial charge in [-0.15, -0.1) is 11.3 Å². The normalized spacial score (nSPS) is 16.8. The predicted octanol–water partition coefficient (Wildman–Crippen LogP) is 3.69. The summed E-state index contributed by atoms with van der Waals surface area (Å²) in [6, 6.07) is 2.01. The Morgan fingerprint density at radius 1 is 1.39 bits per heavy atom. The van der Waals surface area contributed by atoms with E-state index in [0.717, 1.165) is 17.7 Å². The number of amides is 1. The summed E-state index contributed by atoms with van der Waals surface area (Å²) in [5.41, 5.74) is 7.58. The second kappa shape index (κ2) is 6.45. The van der Waals surface area contributed by atoms with Gasteiger partial charge in [-0.2, -0.15) is 0 Å². The predicted molar refractivity (Wildman–Crippen MR) is 93.1 cm³/mol. The van der Waals surface area contributed by atoms with E-state index in [1.54, 1.807) is 18.3 Å². The van der Waals surface area contributed by atoms with Crippen molar-refractivity contribution in [3.8, 4) is 0 Å². The molecule has 1 aliphatic rings. The fourth-order valence-electron chi connectivity index (χ4n) is 2.71. The standard InChI is InChI=1S/C16H19ClN4OS/c1-8-4-5-12-11(6-8)7-13(23-12)16(22)21-20-15-9(2)14(17)18-10(3)19-15/h7-8H,4-6H2,1-3H3,(H,21,22)(H,18,19,20). The van der Waals surface area contributed by atoms with E-state index >= 15 is 0 Å². The van der Waals surface area contributed by atoms with Crippen molar-refractivity contribution in [1.29, 1.82) is 0 Å². The van der Waals surface area contributed by atoms with E-state index in [1.807, 2.05) is 13.0 Å². The van der Waals surface area contributed by atoms with E-state index in [1.165, 1.54) is 16.9 Å². The topological polar surface area (TPSA) is 66.9 Å². The molecule has 2 N–H and O–H groups in total. The Morgan fingerprint density at radius 3 is 2.96 bits per heavy atom. The van der Waals surface area contributed by atoms with Gasteiger partial charge in [-0.05, 0) is 50.7 Å². The van der Waals surface area contributed by atoms with E-state index in [0.29, 0.717) is 28.3 Å². The van der Waals surface area contributed by atoms with Crippen molar-refractivity contribution in [2.75, 3.05) is 5.43 Å². The second-order valence-corrected chi connectivity index (χ2v) is 7.52. The van der Waals surface area contributed by atoms with Crippen LogP contribution in [0.3, 0.4) is 0 Å². The van der Waals surface area contributed by atoms with E-state index in [-0.39, 0.29) is 5.91 Å². The summed E-state index contributed by atoms with van der Waals surface area (Å²) in [6.45, 7) is 5.82. The van der Waals surface area contributed by atoms with Crippen LogP contribution in [-0.4, -0.2) is 15.9 Å². The molecule has 7 heteroatoms. The van der Waals surface area contributed by atoms with Crippen LogP contribution in [0.15, 0.2) is 6.07 Å². The van der Waals surface area contributed by atoms with Crippen LogP contribution in [0.2, 0.25) is 5.15 Å². The van der Waals surface area contributed by atoms with Crippen LogP contribution in [0, 0.1) is 19.8 Å². The number of aromatic nitrogens is 2. The van der Waals surface area contributed by atoms with E-state index in [9.17, 15) is 4.79 Å². The molecule has 0 aromatic carbocycles. The third kappa shape index (κ3) is 3.48. The quantitative estimate of drug-likeness (QED) is 0.654. The molecule has 1 amide bonds. The number of thiophene rings is 1. The Balaban J connectivity index is 1.71. The van der Waals surface area contributed by atoms with Gasteiger partial charge in [0.25, 0.3) is 5.91 Å². The molecule has 0 saturated heterocycles. The molecule has 0 saturated carbocycles. The fraction of sp³-hybridized carbons (Fsp3) is 0.438. The highest BCUT2D eigenvalue weighted by atomic mass is 35.5. The maximum atomic E-state index is 12.4. The lowest BCUT2D eigenvalue weighted by molar-refractivity contribution is 0.0966. The molecule has 122 valence electrons. The van der Waals surface area contributed by atoms with Crippen LogP contribution in [0.5, 0.6) is 0 Å². The smallest absolute Gasteiger partial charge is 0.279 e. The molecular weight excluding hydrogens is 332 g/mol. The molecule has 1 atom stereocenters. The monoisotopic (exact) mass is 350 g/mol. The molecule has 3 rings (SSSR count). The van der Waals surface area contributed by atoms with Crippen LogP contribution in [-0.2, 0) is 12.8 Å². The number of hydrazine groups is 1. The van der Waals surface area contributed by atoms with Gasteiger partial charge in [-0.3, -0.25) is 15.6 Å². The first kappa shape index (κ1) is 16.2. The van der Waals surface area contributed by atoms with Gasteiger partial charge in [-0.1, -0.05) is 18.5 Å². The summed E-state index contributed by atoms with van der Waals surface area (Å²) in [4.78, 5) is 22.8. The van der Waals surface area contributed by atoms with Gasteiger partial charge in [0, 0.05) is 10.4 Å². The molecular formula is C16H19ClN4OS. The molecule has 0 radical (unpaired) electrons. The van der Waals surface area contributed by atoms with Gasteiger partial charge in [0.15, 0.2) is 5.82 Å². The summed E-state index contributed by atoms with van der Waals surface area (Å²) in [6.07, 6.45) is 3.33. The van der Waals surface area contributed by atoms with Gasteiger partial charge in [0.05, 0.1) is 4.88 Å². The number of halogens is 1. The Labute approximate surface area is 144 Å². The Morgan fingerprint density at radius 2 is 2.17 bits per heavy atom. The Hall–Kier alpha value is -1.66. The van der Waals surface area contributed by atoms with E-state index < -0.39 is 0 Å². The molecule has 1 unspecified atom stereocenters. The average molecular weight is 351 g/mol. The number of anilines is 1. The maximum absolute atomic E-state index is 12.4. The highest BCUT2D eigenvalue weighted by Gasteiger charge is 2.20. The second-order valence-electron chi connectivity index (χ2n) is 6.02. The number of aryl methyl sites for hydroxylation is 2. The van der Waals surface area contributed by atoms with Crippen molar-refractivity contribution in [3.05, 3.63) is 37.9 Å². The average Bonchev–Trinajstić information content (AvgIpc) is 2.92. The molecule has 0 fully saturated rings. The highest BCUT2D eigenvalue weighted by molar-refractivity contribution is 7.14. The van der Waals surface area contributed by atoms with Crippen molar-refractivity contribution in [2.45, 2.75) is 40.0 Å². The summed E-state index contributed by atoms with van der Waals surface area (Å²) >= 11 is 7.61. The zero-order chi connectivity index (χ0) is 16.6. The minimum atomic E-state index is -0.149. The summed E-state index contributed by atoms with van der Waals surface area (Å²) in [7, 11) is 0. The lowest BCUT2D eigenvalue weighted by Crippen LogP contribution is -2.29. The van der Waals surface area contributed by atoms with E-state index in [2.05, 4.69) is 27.7 Å². The summed E-state index contributed by atoms with van der Waals surface area (Å²) < 4.78 is 0. The molecule has 1 aliphatic carbocycles. The van der Waals surface area contributed by atoms with Crippen molar-refractivity contribution >= 4 is 34.7 Å². The zero-order valence-electron chi connectivity index (χ0n) is 13.4. The van der Waals surface area contributed by atoms with Crippen LogP contribution >= 0.6 is 22.9 Å². The van der Waals surface area contributed by atoms with Crippen molar-refractivity contribution in [1.82, 2.24) is 15.4 Å². The number of carbonyl (C=O) groups is 1. The number of carbonyl (C=O) groups excluding carboxylic acids is 1. The largest absolute Gasteiger partial charge is 0.281 e. The number of nitrogens with zero attached hydrogens (tertiary/aromatic N) is 2. The molecule has 23 heavy (non-hydrogen) atoms. The van der Waals surface area contributed by atoms with Gasteiger partial charge >= 0.3 is 0 Å². The molecule has 0 bridgehead atoms. The molecule has 2 heterocycles. The molecule has 2 aromatic heterocycles. The van der Waals surface area contributed by atoms with Crippen molar-refractivity contribution in [3.63, 3.8) is 0 Å². The maximum Gasteiger partial charge on any atom is 0.279 e. The van der Waals surface area contributed by atoms with Gasteiger partial charge in [-0.25, -0.2) is 9.97 Å². The minimum absolute atomic E-state index is 0.149. The fourth-order valence-corrected chi connectivity index (χ4v) is 4.03. The van der Waals surface area contributed by atoms with Gasteiger partial charge < -0.3 is 0 Å². The molecule has 5 nitrogen and oxygen atoms in total. The number of nitrogens with one attached hydrogen (secondary N) is 2. The minimum Gasteiger partial charge on any atom is -0.281 e. The van der Waals surface area contributed by atoms with Gasteiger partial charge in [0.2, 0.25) is 0 Å². The number of fused-ring (bicyclic) bond motifs is 1. The summed E-state index contributed by atoms with van der Waals surface area (Å²) in [5, 5.41) is 0.384. The first-order chi connectivity index (χ1) is 10.9. The third-order valence-corrected chi connectivity index (χ3v) is 5.65. The molecule has 0 aliphatic heterocycles. The van der Waals surface area contributed by atoms with Crippen LogP contribution in [0.25, 0.3) is 0 Å². The van der Waals surface area contributed by atoms with Gasteiger partial charge in [0.1, 0.15) is 11.0 Å². The number of hydrogen-bond donors (Lipinski definition) is 2. The van der Waals surface area contributed by atoms with Crippen molar-refractivity contribution in [2.24, 2.45) is 5.92 Å². The van der Waals surface area contributed by atoms with E-state index in [4.69, 9.17) is 11.6 Å². The zero-order valence-corrected chi connectivity index (χ0v) is 14.9. The van der Waals surface area contributed by atoms with Crippen LogP contribution in [0.1, 0.15) is 44.8 Å². The highest BCUT2D eigenvalue weighted by Crippen LogP contribution is 2.32. The Kier molecular flexibility index (Phi) is 4.55. The molecule has 2 aromatic rings. The van der Waals surface area contributed by atoms with Crippen LogP contribution in [0.4, 0.5) is 5.82 Å². The first-order valence-electron chi connectivity index (χ1n) is 7.62. The number of hydrogen-bond acceptors (Lipinski definition) is 5. The lowest BCUT2D eigenvalue weighted by Gasteiger charge is -2.16. The SMILES string of the molecule is Cc1nc(Cl)c(C)c(NNC(=O)c2cc3c(s2)CCC(C)C3)n1. The third-order valence-electron chi connectivity index (χ3n) is 4.05. The van der Waals surface area contributed by atoms with Crippen molar-refractivity contribution < 1.29 is 4.79 Å². The number of rotatable bonds is 3. The Bertz CT molecular complexity index is 759. The first-order valence-corrected chi connectivity index (χ1v) is 8.82. The van der Waals surface area contributed by atoms with Crippen LogP contribution < -0.4 is 10.9 Å². The molecule has 0 spiro atoms. The summed E-state index contributed by atoms with van der Waals surface area (Å²) in [5.74, 6) is 1.62. The lowest BCUT2D eigenvalue weighted by atomic mass is 9.90.